The van der Waals surface area contributed by atoms with Crippen LogP contribution in [-0.2, 0) is 4.79 Å². The molecule has 2 saturated heterocycles. The van der Waals surface area contributed by atoms with E-state index in [1.54, 1.807) is 32.9 Å². The Hall–Kier alpha value is -3.43. The minimum Gasteiger partial charge on any atom is -0.459 e. The highest BCUT2D eigenvalue weighted by molar-refractivity contribution is 5.93. The highest BCUT2D eigenvalue weighted by Crippen LogP contribution is 2.17. The standard InChI is InChI=1S/C19H22N6O4/c26-14-22-3-5-24(6-4-22)18(27)15-12-17(21-13-20-15)23-7-9-25(10-8-23)19(28)16-2-1-11-29-16/h1-2,11-14H,3-10H2. The fraction of sp³-hybridized carbons (Fsp3) is 0.421. The average Bonchev–Trinajstić information content (AvgIpc) is 3.33. The van der Waals surface area contributed by atoms with Crippen LogP contribution in [0.1, 0.15) is 21.0 Å². The molecule has 4 heterocycles. The quantitative estimate of drug-likeness (QED) is 0.665. The fourth-order valence-corrected chi connectivity index (χ4v) is 3.52. The summed E-state index contributed by atoms with van der Waals surface area (Å²) in [5, 5.41) is 0. The Bertz CT molecular complexity index is 871. The van der Waals surface area contributed by atoms with Crippen molar-refractivity contribution in [2.24, 2.45) is 0 Å². The van der Waals surface area contributed by atoms with Gasteiger partial charge in [-0.15, -0.1) is 0 Å². The summed E-state index contributed by atoms with van der Waals surface area (Å²) < 4.78 is 5.18. The van der Waals surface area contributed by atoms with Crippen molar-refractivity contribution in [3.63, 3.8) is 0 Å². The Kier molecular flexibility index (Phi) is 5.41. The Labute approximate surface area is 167 Å². The minimum absolute atomic E-state index is 0.123. The first-order chi connectivity index (χ1) is 14.2. The van der Waals surface area contributed by atoms with Crippen LogP contribution in [0.2, 0.25) is 0 Å². The molecule has 2 aliphatic rings. The lowest BCUT2D eigenvalue weighted by atomic mass is 10.2. The Balaban J connectivity index is 1.37. The Morgan fingerprint density at radius 1 is 0.931 bits per heavy atom. The summed E-state index contributed by atoms with van der Waals surface area (Å²) in [5.74, 6) is 0.719. The molecule has 152 valence electrons. The van der Waals surface area contributed by atoms with Gasteiger partial charge in [0.05, 0.1) is 6.26 Å². The van der Waals surface area contributed by atoms with Crippen molar-refractivity contribution in [1.82, 2.24) is 24.7 Å². The van der Waals surface area contributed by atoms with E-state index < -0.39 is 0 Å². The van der Waals surface area contributed by atoms with E-state index in [0.717, 1.165) is 6.41 Å². The summed E-state index contributed by atoms with van der Waals surface area (Å²) in [6.07, 6.45) is 3.69. The number of aromatic nitrogens is 2. The van der Waals surface area contributed by atoms with E-state index in [2.05, 4.69) is 9.97 Å². The van der Waals surface area contributed by atoms with E-state index in [1.165, 1.54) is 12.6 Å². The fourth-order valence-electron chi connectivity index (χ4n) is 3.52. The lowest BCUT2D eigenvalue weighted by molar-refractivity contribution is -0.119. The molecule has 2 fully saturated rings. The maximum atomic E-state index is 12.7. The third-order valence-electron chi connectivity index (χ3n) is 5.25. The van der Waals surface area contributed by atoms with Crippen molar-refractivity contribution < 1.29 is 18.8 Å². The third kappa shape index (κ3) is 4.05. The van der Waals surface area contributed by atoms with Crippen molar-refractivity contribution in [3.05, 3.63) is 42.2 Å². The SMILES string of the molecule is O=CN1CCN(C(=O)c2cc(N3CCN(C(=O)c4ccco4)CC3)ncn2)CC1. The van der Waals surface area contributed by atoms with Gasteiger partial charge in [0.25, 0.3) is 11.8 Å². The number of hydrogen-bond donors (Lipinski definition) is 0. The monoisotopic (exact) mass is 398 g/mol. The maximum absolute atomic E-state index is 12.7. The number of nitrogens with zero attached hydrogens (tertiary/aromatic N) is 6. The molecule has 2 aliphatic heterocycles. The van der Waals surface area contributed by atoms with Gasteiger partial charge in [-0.2, -0.15) is 0 Å². The second-order valence-corrected chi connectivity index (χ2v) is 6.95. The topological polar surface area (TPSA) is 103 Å². The van der Waals surface area contributed by atoms with E-state index >= 15 is 0 Å². The molecule has 0 spiro atoms. The van der Waals surface area contributed by atoms with E-state index in [1.807, 2.05) is 4.90 Å². The predicted octanol–water partition coefficient (Wildman–Crippen LogP) is -0.0538. The number of rotatable bonds is 4. The van der Waals surface area contributed by atoms with E-state index in [9.17, 15) is 14.4 Å². The molecule has 0 saturated carbocycles. The summed E-state index contributed by atoms with van der Waals surface area (Å²) in [4.78, 5) is 51.5. The molecule has 29 heavy (non-hydrogen) atoms. The van der Waals surface area contributed by atoms with Gasteiger partial charge in [-0.25, -0.2) is 9.97 Å². The molecule has 2 aromatic heterocycles. The number of hydrogen-bond acceptors (Lipinski definition) is 7. The van der Waals surface area contributed by atoms with Gasteiger partial charge in [0.1, 0.15) is 17.8 Å². The maximum Gasteiger partial charge on any atom is 0.289 e. The predicted molar refractivity (Wildman–Crippen MR) is 102 cm³/mol. The van der Waals surface area contributed by atoms with Crippen molar-refractivity contribution in [2.75, 3.05) is 57.3 Å². The molecule has 0 radical (unpaired) electrons. The molecule has 10 nitrogen and oxygen atoms in total. The third-order valence-corrected chi connectivity index (χ3v) is 5.25. The lowest BCUT2D eigenvalue weighted by Crippen LogP contribution is -2.49. The summed E-state index contributed by atoms with van der Waals surface area (Å²) in [5.41, 5.74) is 0.337. The largest absolute Gasteiger partial charge is 0.459 e. The Morgan fingerprint density at radius 3 is 2.28 bits per heavy atom. The second kappa shape index (κ2) is 8.29. The Morgan fingerprint density at radius 2 is 1.62 bits per heavy atom. The molecule has 0 unspecified atom stereocenters. The van der Waals surface area contributed by atoms with Crippen molar-refractivity contribution in [2.45, 2.75) is 0 Å². The zero-order valence-electron chi connectivity index (χ0n) is 15.9. The van der Waals surface area contributed by atoms with Crippen LogP contribution in [0.15, 0.2) is 35.2 Å². The minimum atomic E-state index is -0.161. The van der Waals surface area contributed by atoms with Crippen molar-refractivity contribution >= 4 is 24.0 Å². The second-order valence-electron chi connectivity index (χ2n) is 6.95. The number of furan rings is 1. The molecule has 10 heteroatoms. The molecule has 0 N–H and O–H groups in total. The van der Waals surface area contributed by atoms with Gasteiger partial charge in [-0.3, -0.25) is 14.4 Å². The molecular weight excluding hydrogens is 376 g/mol. The van der Waals surface area contributed by atoms with Gasteiger partial charge in [0.15, 0.2) is 5.76 Å². The molecule has 4 rings (SSSR count). The van der Waals surface area contributed by atoms with Gasteiger partial charge in [0, 0.05) is 58.4 Å². The number of carbonyl (C=O) groups is 3. The van der Waals surface area contributed by atoms with E-state index in [-0.39, 0.29) is 11.8 Å². The molecular formula is C19H22N6O4. The smallest absolute Gasteiger partial charge is 0.289 e. The number of carbonyl (C=O) groups excluding carboxylic acids is 3. The highest BCUT2D eigenvalue weighted by atomic mass is 16.3. The van der Waals surface area contributed by atoms with Crippen molar-refractivity contribution in [1.29, 1.82) is 0 Å². The first kappa shape index (κ1) is 18.9. The van der Waals surface area contributed by atoms with Crippen LogP contribution in [0.4, 0.5) is 5.82 Å². The van der Waals surface area contributed by atoms with E-state index in [4.69, 9.17) is 4.42 Å². The van der Waals surface area contributed by atoms with Gasteiger partial charge >= 0.3 is 0 Å². The zero-order valence-corrected chi connectivity index (χ0v) is 15.9. The van der Waals surface area contributed by atoms with Crippen LogP contribution < -0.4 is 4.90 Å². The molecule has 0 atom stereocenters. The van der Waals surface area contributed by atoms with Crippen LogP contribution in [-0.4, -0.2) is 95.3 Å². The van der Waals surface area contributed by atoms with Crippen LogP contribution in [0, 0.1) is 0 Å². The van der Waals surface area contributed by atoms with Crippen molar-refractivity contribution in [3.8, 4) is 0 Å². The van der Waals surface area contributed by atoms with Gasteiger partial charge < -0.3 is 24.0 Å². The normalized spacial score (nSPS) is 17.4. The van der Waals surface area contributed by atoms with E-state index in [0.29, 0.717) is 69.6 Å². The first-order valence-electron chi connectivity index (χ1n) is 9.54. The average molecular weight is 398 g/mol. The summed E-state index contributed by atoms with van der Waals surface area (Å²) >= 11 is 0. The van der Waals surface area contributed by atoms with Gasteiger partial charge in [-0.1, -0.05) is 0 Å². The summed E-state index contributed by atoms with van der Waals surface area (Å²) in [6, 6.07) is 5.05. The first-order valence-corrected chi connectivity index (χ1v) is 9.54. The summed E-state index contributed by atoms with van der Waals surface area (Å²) in [6.45, 7) is 4.33. The molecule has 3 amide bonds. The molecule has 0 aromatic carbocycles. The number of anilines is 1. The van der Waals surface area contributed by atoms with Crippen LogP contribution >= 0.6 is 0 Å². The number of amides is 3. The highest BCUT2D eigenvalue weighted by Gasteiger charge is 2.26. The molecule has 0 aliphatic carbocycles. The van der Waals surface area contributed by atoms with Crippen LogP contribution in [0.5, 0.6) is 0 Å². The van der Waals surface area contributed by atoms with Gasteiger partial charge in [0.2, 0.25) is 6.41 Å². The van der Waals surface area contributed by atoms with Gasteiger partial charge in [-0.05, 0) is 12.1 Å². The van der Waals surface area contributed by atoms with Crippen LogP contribution in [0.3, 0.4) is 0 Å². The molecule has 2 aromatic rings. The molecule has 0 bridgehead atoms. The lowest BCUT2D eigenvalue weighted by Gasteiger charge is -2.35. The number of piperazine rings is 2. The zero-order chi connectivity index (χ0) is 20.2. The summed E-state index contributed by atoms with van der Waals surface area (Å²) in [7, 11) is 0. The van der Waals surface area contributed by atoms with Crippen LogP contribution in [0.25, 0.3) is 0 Å².